The van der Waals surface area contributed by atoms with E-state index < -0.39 is 11.7 Å². The molecule has 5 nitrogen and oxygen atoms in total. The summed E-state index contributed by atoms with van der Waals surface area (Å²) in [4.78, 5) is 24.9. The number of aliphatic hydroxyl groups excluding tert-OH is 1. The van der Waals surface area contributed by atoms with Gasteiger partial charge in [-0.05, 0) is 30.5 Å². The van der Waals surface area contributed by atoms with E-state index in [2.05, 4.69) is 10.2 Å². The lowest BCUT2D eigenvalue weighted by molar-refractivity contribution is -0.112. The molecule has 1 aromatic rings. The van der Waals surface area contributed by atoms with Gasteiger partial charge in [-0.25, -0.2) is 0 Å². The number of fused-ring (bicyclic) bond motifs is 1. The molecule has 3 rings (SSSR count). The molecule has 0 aliphatic carbocycles. The number of benzene rings is 1. The molecule has 0 radical (unpaired) electrons. The third-order valence-corrected chi connectivity index (χ3v) is 3.99. The van der Waals surface area contributed by atoms with Crippen molar-refractivity contribution in [2.45, 2.75) is 19.4 Å². The molecule has 0 spiro atoms. The third kappa shape index (κ3) is 2.00. The van der Waals surface area contributed by atoms with Crippen molar-refractivity contribution < 1.29 is 14.7 Å². The zero-order valence-corrected chi connectivity index (χ0v) is 10.7. The second-order valence-corrected chi connectivity index (χ2v) is 5.29. The molecular formula is C14H16N2O3. The second-order valence-electron chi connectivity index (χ2n) is 5.29. The first-order chi connectivity index (χ1) is 9.06. The molecule has 2 unspecified atom stereocenters. The molecular weight excluding hydrogens is 244 g/mol. The Hall–Kier alpha value is -1.88. The van der Waals surface area contributed by atoms with Gasteiger partial charge in [-0.15, -0.1) is 0 Å². The summed E-state index contributed by atoms with van der Waals surface area (Å²) in [5, 5.41) is 12.5. The highest BCUT2D eigenvalue weighted by Gasteiger charge is 2.29. The lowest BCUT2D eigenvalue weighted by Crippen LogP contribution is -2.42. The number of carbonyl (C=O) groups excluding carboxylic acids is 2. The number of amides is 1. The Morgan fingerprint density at radius 1 is 1.37 bits per heavy atom. The first-order valence-electron chi connectivity index (χ1n) is 6.49. The van der Waals surface area contributed by atoms with E-state index in [9.17, 15) is 14.7 Å². The van der Waals surface area contributed by atoms with Gasteiger partial charge in [0.15, 0.2) is 0 Å². The number of ketones is 1. The van der Waals surface area contributed by atoms with Crippen LogP contribution in [-0.4, -0.2) is 36.0 Å². The van der Waals surface area contributed by atoms with Gasteiger partial charge in [0, 0.05) is 18.8 Å². The second kappa shape index (κ2) is 4.35. The summed E-state index contributed by atoms with van der Waals surface area (Å²) in [5.74, 6) is -0.736. The summed E-state index contributed by atoms with van der Waals surface area (Å²) in [6.07, 6.45) is 0.599. The van der Waals surface area contributed by atoms with Gasteiger partial charge in [-0.3, -0.25) is 9.59 Å². The topological polar surface area (TPSA) is 69.6 Å². The van der Waals surface area contributed by atoms with Crippen molar-refractivity contribution in [3.8, 4) is 0 Å². The Kier molecular flexibility index (Phi) is 2.78. The summed E-state index contributed by atoms with van der Waals surface area (Å²) >= 11 is 0. The quantitative estimate of drug-likeness (QED) is 0.740. The van der Waals surface area contributed by atoms with Gasteiger partial charge in [0.05, 0.1) is 17.4 Å². The van der Waals surface area contributed by atoms with E-state index in [4.69, 9.17) is 0 Å². The summed E-state index contributed by atoms with van der Waals surface area (Å²) in [7, 11) is 0. The van der Waals surface area contributed by atoms with Crippen molar-refractivity contribution in [2.75, 3.05) is 23.3 Å². The molecule has 1 fully saturated rings. The van der Waals surface area contributed by atoms with Gasteiger partial charge < -0.3 is 15.3 Å². The van der Waals surface area contributed by atoms with Gasteiger partial charge in [-0.1, -0.05) is 6.92 Å². The Bertz CT molecular complexity index is 556. The SMILES string of the molecule is CC1CCN(c2ccc3c(c2)NC(=O)C3=O)CC1O. The highest BCUT2D eigenvalue weighted by atomic mass is 16.3. The zero-order chi connectivity index (χ0) is 13.6. The van der Waals surface area contributed by atoms with Crippen LogP contribution in [0.1, 0.15) is 23.7 Å². The molecule has 0 bridgehead atoms. The van der Waals surface area contributed by atoms with Crippen LogP contribution in [0, 0.1) is 5.92 Å². The van der Waals surface area contributed by atoms with Crippen LogP contribution >= 0.6 is 0 Å². The fourth-order valence-electron chi connectivity index (χ4n) is 2.62. The average molecular weight is 260 g/mol. The standard InChI is InChI=1S/C14H16N2O3/c1-8-4-5-16(7-12(8)17)9-2-3-10-11(6-9)15-14(19)13(10)18/h2-3,6,8,12,17H,4-5,7H2,1H3,(H,15,18,19). The Morgan fingerprint density at radius 2 is 2.16 bits per heavy atom. The van der Waals surface area contributed by atoms with Crippen LogP contribution in [0.5, 0.6) is 0 Å². The largest absolute Gasteiger partial charge is 0.391 e. The number of nitrogens with zero attached hydrogens (tertiary/aromatic N) is 1. The van der Waals surface area contributed by atoms with Crippen molar-refractivity contribution >= 4 is 23.1 Å². The number of Topliss-reactive ketones (excluding diaryl/α,β-unsaturated/α-hetero) is 1. The van der Waals surface area contributed by atoms with Crippen LogP contribution < -0.4 is 10.2 Å². The molecule has 1 amide bonds. The normalized spacial score (nSPS) is 26.3. The van der Waals surface area contributed by atoms with E-state index in [1.807, 2.05) is 13.0 Å². The van der Waals surface area contributed by atoms with E-state index in [1.54, 1.807) is 12.1 Å². The average Bonchev–Trinajstić information content (AvgIpc) is 2.68. The van der Waals surface area contributed by atoms with E-state index in [0.717, 1.165) is 18.7 Å². The number of hydrogen-bond acceptors (Lipinski definition) is 4. The maximum absolute atomic E-state index is 11.5. The lowest BCUT2D eigenvalue weighted by Gasteiger charge is -2.36. The summed E-state index contributed by atoms with van der Waals surface area (Å²) in [6, 6.07) is 5.32. The number of anilines is 2. The Balaban J connectivity index is 1.86. The number of rotatable bonds is 1. The Labute approximate surface area is 111 Å². The number of piperidine rings is 1. The molecule has 0 aromatic heterocycles. The lowest BCUT2D eigenvalue weighted by atomic mass is 9.95. The van der Waals surface area contributed by atoms with Gasteiger partial charge in [0.2, 0.25) is 0 Å². The minimum atomic E-state index is -0.570. The van der Waals surface area contributed by atoms with Crippen LogP contribution in [0.15, 0.2) is 18.2 Å². The molecule has 2 aliphatic heterocycles. The smallest absolute Gasteiger partial charge is 0.296 e. The number of carbonyl (C=O) groups is 2. The van der Waals surface area contributed by atoms with Gasteiger partial charge in [0.25, 0.3) is 11.7 Å². The van der Waals surface area contributed by atoms with Crippen LogP contribution in [-0.2, 0) is 4.79 Å². The summed E-state index contributed by atoms with van der Waals surface area (Å²) < 4.78 is 0. The van der Waals surface area contributed by atoms with Gasteiger partial charge in [0.1, 0.15) is 0 Å². The predicted octanol–water partition coefficient (Wildman–Crippen LogP) is 1.03. The van der Waals surface area contributed by atoms with Crippen LogP contribution in [0.2, 0.25) is 0 Å². The number of hydrogen-bond donors (Lipinski definition) is 2. The van der Waals surface area contributed by atoms with Crippen LogP contribution in [0.25, 0.3) is 0 Å². The maximum Gasteiger partial charge on any atom is 0.296 e. The minimum absolute atomic E-state index is 0.312. The number of aliphatic hydroxyl groups is 1. The molecule has 2 aliphatic rings. The van der Waals surface area contributed by atoms with E-state index >= 15 is 0 Å². The van der Waals surface area contributed by atoms with Crippen molar-refractivity contribution in [2.24, 2.45) is 5.92 Å². The van der Waals surface area contributed by atoms with Crippen molar-refractivity contribution in [3.05, 3.63) is 23.8 Å². The van der Waals surface area contributed by atoms with Crippen LogP contribution in [0.3, 0.4) is 0 Å². The molecule has 100 valence electrons. The monoisotopic (exact) mass is 260 g/mol. The summed E-state index contributed by atoms with van der Waals surface area (Å²) in [5.41, 5.74) is 1.93. The molecule has 2 heterocycles. The fourth-order valence-corrected chi connectivity index (χ4v) is 2.62. The number of β-amino-alcohol motifs (C(OH)–C–C–N with tert-alkyl or cyclic N) is 1. The molecule has 2 atom stereocenters. The molecule has 1 saturated heterocycles. The Morgan fingerprint density at radius 3 is 2.89 bits per heavy atom. The minimum Gasteiger partial charge on any atom is -0.391 e. The molecule has 5 heteroatoms. The number of nitrogens with one attached hydrogen (secondary N) is 1. The molecule has 1 aromatic carbocycles. The molecule has 0 saturated carbocycles. The zero-order valence-electron chi connectivity index (χ0n) is 10.7. The van der Waals surface area contributed by atoms with Gasteiger partial charge in [-0.2, -0.15) is 0 Å². The third-order valence-electron chi connectivity index (χ3n) is 3.99. The van der Waals surface area contributed by atoms with Crippen molar-refractivity contribution in [3.63, 3.8) is 0 Å². The predicted molar refractivity (Wildman–Crippen MR) is 71.4 cm³/mol. The van der Waals surface area contributed by atoms with E-state index in [1.165, 1.54) is 0 Å². The first-order valence-corrected chi connectivity index (χ1v) is 6.49. The fraction of sp³-hybridized carbons (Fsp3) is 0.429. The first kappa shape index (κ1) is 12.2. The van der Waals surface area contributed by atoms with Gasteiger partial charge >= 0.3 is 0 Å². The van der Waals surface area contributed by atoms with E-state index in [0.29, 0.717) is 23.7 Å². The summed E-state index contributed by atoms with van der Waals surface area (Å²) in [6.45, 7) is 3.50. The molecule has 2 N–H and O–H groups in total. The highest BCUT2D eigenvalue weighted by Crippen LogP contribution is 2.30. The highest BCUT2D eigenvalue weighted by molar-refractivity contribution is 6.51. The van der Waals surface area contributed by atoms with E-state index in [-0.39, 0.29) is 6.10 Å². The van der Waals surface area contributed by atoms with Crippen molar-refractivity contribution in [1.82, 2.24) is 0 Å². The van der Waals surface area contributed by atoms with Crippen LogP contribution in [0.4, 0.5) is 11.4 Å². The maximum atomic E-state index is 11.5. The molecule has 19 heavy (non-hydrogen) atoms. The van der Waals surface area contributed by atoms with Crippen molar-refractivity contribution in [1.29, 1.82) is 0 Å².